The highest BCUT2D eigenvalue weighted by Crippen LogP contribution is 2.25. The predicted molar refractivity (Wildman–Crippen MR) is 107 cm³/mol. The van der Waals surface area contributed by atoms with Crippen molar-refractivity contribution in [3.8, 4) is 0 Å². The molecule has 1 fully saturated rings. The third-order valence-corrected chi connectivity index (χ3v) is 6.02. The Kier molecular flexibility index (Phi) is 13.8. The third-order valence-electron chi connectivity index (χ3n) is 6.02. The van der Waals surface area contributed by atoms with Crippen molar-refractivity contribution in [2.24, 2.45) is 5.92 Å². The molecule has 0 aromatic heterocycles. The number of hydrogen-bond donors (Lipinski definition) is 0. The van der Waals surface area contributed by atoms with Crippen LogP contribution < -0.4 is 0 Å². The second kappa shape index (κ2) is 15.0. The largest absolute Gasteiger partial charge is 0.247 e. The molecule has 2 radical (unpaired) electrons. The lowest BCUT2D eigenvalue weighted by Gasteiger charge is -2.17. The maximum Gasteiger partial charge on any atom is 0.100 e. The van der Waals surface area contributed by atoms with Crippen LogP contribution in [0.4, 0.5) is 8.78 Å². The smallest absolute Gasteiger partial charge is 0.100 e. The van der Waals surface area contributed by atoms with Gasteiger partial charge in [-0.3, -0.25) is 0 Å². The standard InChI is InChI=1S/C22H41BF2/c1-2-19-11-3-5-13-20(23)14-6-8-16-22(25)18-10-9-17-21(24)15-7-4-12-19/h19-22H,2-18H2,1H3. The van der Waals surface area contributed by atoms with E-state index >= 15 is 0 Å². The topological polar surface area (TPSA) is 0 Å². The van der Waals surface area contributed by atoms with E-state index < -0.39 is 12.3 Å². The average molecular weight is 354 g/mol. The summed E-state index contributed by atoms with van der Waals surface area (Å²) in [6.45, 7) is 2.28. The summed E-state index contributed by atoms with van der Waals surface area (Å²) < 4.78 is 27.8. The first-order valence-corrected chi connectivity index (χ1v) is 11.2. The SMILES string of the molecule is [B]C1CCCCC(F)CCCCC(F)CCCCC(CC)CCCC1. The summed E-state index contributed by atoms with van der Waals surface area (Å²) in [4.78, 5) is 0. The fourth-order valence-electron chi connectivity index (χ4n) is 4.13. The molecule has 1 rings (SSSR count). The molecule has 0 aromatic rings. The summed E-state index contributed by atoms with van der Waals surface area (Å²) in [5, 5.41) is 0. The zero-order valence-corrected chi connectivity index (χ0v) is 16.7. The number of alkyl halides is 2. The minimum atomic E-state index is -0.703. The van der Waals surface area contributed by atoms with Gasteiger partial charge in [-0.15, -0.1) is 0 Å². The van der Waals surface area contributed by atoms with Crippen molar-refractivity contribution < 1.29 is 8.78 Å². The Balaban J connectivity index is 2.34. The van der Waals surface area contributed by atoms with Crippen LogP contribution in [0.1, 0.15) is 116 Å². The van der Waals surface area contributed by atoms with Crippen LogP contribution in [0.15, 0.2) is 0 Å². The Bertz CT molecular complexity index is 272. The van der Waals surface area contributed by atoms with Gasteiger partial charge < -0.3 is 0 Å². The number of rotatable bonds is 1. The van der Waals surface area contributed by atoms with E-state index in [-0.39, 0.29) is 0 Å². The fourth-order valence-corrected chi connectivity index (χ4v) is 4.13. The van der Waals surface area contributed by atoms with E-state index in [9.17, 15) is 8.78 Å². The van der Waals surface area contributed by atoms with Crippen LogP contribution >= 0.6 is 0 Å². The first-order chi connectivity index (χ1) is 12.1. The molecule has 0 aromatic carbocycles. The molecule has 1 saturated carbocycles. The molecule has 25 heavy (non-hydrogen) atoms. The minimum Gasteiger partial charge on any atom is -0.247 e. The Morgan fingerprint density at radius 3 is 1.28 bits per heavy atom. The van der Waals surface area contributed by atoms with Gasteiger partial charge in [-0.25, -0.2) is 8.78 Å². The maximum atomic E-state index is 13.9. The molecular formula is C22H41BF2. The maximum absolute atomic E-state index is 13.9. The van der Waals surface area contributed by atoms with E-state index in [1.807, 2.05) is 0 Å². The van der Waals surface area contributed by atoms with Gasteiger partial charge in [-0.05, 0) is 31.6 Å². The monoisotopic (exact) mass is 354 g/mol. The second-order valence-corrected chi connectivity index (χ2v) is 8.37. The zero-order valence-electron chi connectivity index (χ0n) is 16.7. The van der Waals surface area contributed by atoms with Crippen LogP contribution in [0.25, 0.3) is 0 Å². The summed E-state index contributed by atoms with van der Waals surface area (Å²) in [6, 6.07) is 0. The molecule has 0 aliphatic heterocycles. The molecule has 0 amide bonds. The van der Waals surface area contributed by atoms with Gasteiger partial charge >= 0.3 is 0 Å². The zero-order chi connectivity index (χ0) is 18.3. The molecule has 0 bridgehead atoms. The van der Waals surface area contributed by atoms with Crippen LogP contribution in [-0.2, 0) is 0 Å². The molecule has 0 saturated heterocycles. The van der Waals surface area contributed by atoms with Gasteiger partial charge in [0.1, 0.15) is 12.3 Å². The van der Waals surface area contributed by atoms with Crippen molar-refractivity contribution in [2.75, 3.05) is 0 Å². The van der Waals surface area contributed by atoms with Crippen LogP contribution in [0, 0.1) is 5.92 Å². The van der Waals surface area contributed by atoms with Crippen LogP contribution in [0.2, 0.25) is 5.82 Å². The van der Waals surface area contributed by atoms with Crippen molar-refractivity contribution in [1.82, 2.24) is 0 Å². The van der Waals surface area contributed by atoms with Crippen molar-refractivity contribution >= 4 is 7.85 Å². The molecular weight excluding hydrogens is 313 g/mol. The lowest BCUT2D eigenvalue weighted by molar-refractivity contribution is 0.254. The minimum absolute atomic E-state index is 0.297. The Morgan fingerprint density at radius 2 is 0.920 bits per heavy atom. The van der Waals surface area contributed by atoms with Crippen molar-refractivity contribution in [1.29, 1.82) is 0 Å². The Morgan fingerprint density at radius 1 is 0.600 bits per heavy atom. The lowest BCUT2D eigenvalue weighted by atomic mass is 9.78. The summed E-state index contributed by atoms with van der Waals surface area (Å²) in [5.74, 6) is 1.10. The molecule has 0 N–H and O–H groups in total. The highest BCUT2D eigenvalue weighted by atomic mass is 19.1. The van der Waals surface area contributed by atoms with E-state index in [1.165, 1.54) is 32.1 Å². The van der Waals surface area contributed by atoms with Crippen LogP contribution in [0.5, 0.6) is 0 Å². The number of halogens is 2. The molecule has 0 nitrogen and oxygen atoms in total. The van der Waals surface area contributed by atoms with E-state index in [0.29, 0.717) is 31.5 Å². The molecule has 146 valence electrons. The lowest BCUT2D eigenvalue weighted by Crippen LogP contribution is -2.05. The first kappa shape index (κ1) is 23.0. The van der Waals surface area contributed by atoms with Gasteiger partial charge in [0, 0.05) is 0 Å². The average Bonchev–Trinajstić information content (AvgIpc) is 2.60. The fraction of sp³-hybridized carbons (Fsp3) is 1.00. The van der Waals surface area contributed by atoms with Crippen molar-refractivity contribution in [3.05, 3.63) is 0 Å². The Hall–Kier alpha value is -0.0751. The van der Waals surface area contributed by atoms with Gasteiger partial charge in [0.05, 0.1) is 7.85 Å². The van der Waals surface area contributed by atoms with E-state index in [2.05, 4.69) is 6.92 Å². The highest BCUT2D eigenvalue weighted by molar-refractivity contribution is 6.11. The van der Waals surface area contributed by atoms with Gasteiger partial charge in [0.25, 0.3) is 0 Å². The number of hydrogen-bond acceptors (Lipinski definition) is 0. The highest BCUT2D eigenvalue weighted by Gasteiger charge is 2.12. The molecule has 1 aliphatic carbocycles. The van der Waals surface area contributed by atoms with Crippen LogP contribution in [-0.4, -0.2) is 20.2 Å². The second-order valence-electron chi connectivity index (χ2n) is 8.37. The van der Waals surface area contributed by atoms with Gasteiger partial charge in [-0.1, -0.05) is 96.2 Å². The van der Waals surface area contributed by atoms with Gasteiger partial charge in [0.2, 0.25) is 0 Å². The first-order valence-electron chi connectivity index (χ1n) is 11.2. The molecule has 4 atom stereocenters. The quantitative estimate of drug-likeness (QED) is 0.420. The summed E-state index contributed by atoms with van der Waals surface area (Å²) in [6.07, 6.45) is 15.5. The molecule has 0 heterocycles. The van der Waals surface area contributed by atoms with Crippen molar-refractivity contribution in [3.63, 3.8) is 0 Å². The van der Waals surface area contributed by atoms with Crippen LogP contribution in [0.3, 0.4) is 0 Å². The van der Waals surface area contributed by atoms with Gasteiger partial charge in [-0.2, -0.15) is 0 Å². The predicted octanol–water partition coefficient (Wildman–Crippen LogP) is 7.90. The van der Waals surface area contributed by atoms with Crippen molar-refractivity contribution in [2.45, 2.75) is 134 Å². The molecule has 0 spiro atoms. The van der Waals surface area contributed by atoms with E-state index in [0.717, 1.165) is 57.3 Å². The molecule has 4 unspecified atom stereocenters. The van der Waals surface area contributed by atoms with Gasteiger partial charge in [0.15, 0.2) is 0 Å². The third kappa shape index (κ3) is 12.8. The summed E-state index contributed by atoms with van der Waals surface area (Å²) >= 11 is 0. The molecule has 3 heteroatoms. The summed E-state index contributed by atoms with van der Waals surface area (Å²) in [5.41, 5.74) is 0. The summed E-state index contributed by atoms with van der Waals surface area (Å²) in [7, 11) is 6.21. The molecule has 1 aliphatic rings. The van der Waals surface area contributed by atoms with E-state index in [1.54, 1.807) is 0 Å². The van der Waals surface area contributed by atoms with E-state index in [4.69, 9.17) is 7.85 Å². The normalized spacial score (nSPS) is 33.6. The Labute approximate surface area is 157 Å².